The summed E-state index contributed by atoms with van der Waals surface area (Å²) in [4.78, 5) is 40.4. The summed E-state index contributed by atoms with van der Waals surface area (Å²) in [5, 5.41) is 17.6. The number of hydrogen-bond acceptors (Lipinski definition) is 6. The van der Waals surface area contributed by atoms with Gasteiger partial charge in [-0.25, -0.2) is 4.79 Å². The third kappa shape index (κ3) is 7.84. The number of alkyl carbamates (subject to hydrolysis) is 1. The number of amides is 3. The predicted molar refractivity (Wildman–Crippen MR) is 142 cm³/mol. The van der Waals surface area contributed by atoms with Gasteiger partial charge in [0, 0.05) is 11.2 Å². The molecule has 1 aliphatic heterocycles. The van der Waals surface area contributed by atoms with Crippen LogP contribution in [-0.4, -0.2) is 70.5 Å². The minimum Gasteiger partial charge on any atom is -0.444 e. The predicted octanol–water partition coefficient (Wildman–Crippen LogP) is 4.39. The van der Waals surface area contributed by atoms with Crippen molar-refractivity contribution in [2.45, 2.75) is 89.9 Å². The van der Waals surface area contributed by atoms with E-state index in [0.29, 0.717) is 12.0 Å². The summed E-state index contributed by atoms with van der Waals surface area (Å²) in [7, 11) is 0. The van der Waals surface area contributed by atoms with E-state index in [9.17, 15) is 32.7 Å². The Morgan fingerprint density at radius 2 is 1.82 bits per heavy atom. The Kier molecular flexibility index (Phi) is 9.53. The van der Waals surface area contributed by atoms with Gasteiger partial charge >= 0.3 is 12.3 Å². The molecule has 1 fully saturated rings. The molecule has 3 rings (SSSR count). The highest BCUT2D eigenvalue weighted by Gasteiger charge is 2.46. The topological polar surface area (TPSA) is 108 Å². The summed E-state index contributed by atoms with van der Waals surface area (Å²) in [6.45, 7) is 8.72. The number of rotatable bonds is 8. The van der Waals surface area contributed by atoms with E-state index in [0.717, 1.165) is 10.1 Å². The Balaban J connectivity index is 1.79. The number of carbonyl (C=O) groups excluding carboxylic acids is 3. The van der Waals surface area contributed by atoms with Crippen LogP contribution in [0, 0.1) is 5.92 Å². The van der Waals surface area contributed by atoms with Crippen molar-refractivity contribution in [1.82, 2.24) is 15.5 Å². The fourth-order valence-electron chi connectivity index (χ4n) is 4.61. The Morgan fingerprint density at radius 3 is 2.44 bits per heavy atom. The highest BCUT2D eigenvalue weighted by Crippen LogP contribution is 2.30. The first-order valence-electron chi connectivity index (χ1n) is 12.9. The Hall–Kier alpha value is -2.86. The van der Waals surface area contributed by atoms with Crippen LogP contribution in [-0.2, 0) is 20.7 Å². The van der Waals surface area contributed by atoms with Crippen molar-refractivity contribution in [3.05, 3.63) is 35.2 Å². The van der Waals surface area contributed by atoms with E-state index in [-0.39, 0.29) is 25.3 Å². The molecule has 3 amide bonds. The maximum Gasteiger partial charge on any atom is 0.416 e. The van der Waals surface area contributed by atoms with E-state index in [1.807, 2.05) is 12.1 Å². The molecule has 0 unspecified atom stereocenters. The van der Waals surface area contributed by atoms with Gasteiger partial charge in [-0.15, -0.1) is 11.3 Å². The molecular formula is C27H36F3N3O5S. The first-order chi connectivity index (χ1) is 18.1. The van der Waals surface area contributed by atoms with Crippen molar-refractivity contribution in [2.75, 3.05) is 6.54 Å². The first-order valence-corrected chi connectivity index (χ1v) is 13.8. The van der Waals surface area contributed by atoms with Crippen molar-refractivity contribution in [3.63, 3.8) is 0 Å². The van der Waals surface area contributed by atoms with Crippen LogP contribution in [0.4, 0.5) is 18.0 Å². The first kappa shape index (κ1) is 30.7. The molecule has 2 aromatic rings. The smallest absolute Gasteiger partial charge is 0.416 e. The molecule has 0 aliphatic carbocycles. The van der Waals surface area contributed by atoms with Crippen LogP contribution in [0.3, 0.4) is 0 Å². The summed E-state index contributed by atoms with van der Waals surface area (Å²) in [6, 6.07) is 3.51. The van der Waals surface area contributed by atoms with Gasteiger partial charge in [-0.3, -0.25) is 9.59 Å². The van der Waals surface area contributed by atoms with Crippen LogP contribution in [0.1, 0.15) is 53.0 Å². The van der Waals surface area contributed by atoms with Crippen molar-refractivity contribution in [1.29, 1.82) is 0 Å². The summed E-state index contributed by atoms with van der Waals surface area (Å²) >= 11 is 1.36. The fourth-order valence-corrected chi connectivity index (χ4v) is 5.58. The maximum absolute atomic E-state index is 13.6. The van der Waals surface area contributed by atoms with Gasteiger partial charge < -0.3 is 25.4 Å². The van der Waals surface area contributed by atoms with Crippen LogP contribution in [0.15, 0.2) is 29.6 Å². The normalized spacial score (nSPS) is 18.6. The molecule has 0 spiro atoms. The van der Waals surface area contributed by atoms with E-state index in [1.54, 1.807) is 52.1 Å². The monoisotopic (exact) mass is 571 g/mol. The standard InChI is InChI=1S/C27H36F3N3O5S/c1-15(2)21(32-25(37)38-26(3,4)5)24(36)33-12-8-10-19(33)23(35)31-18(22(34)27(28,29)30)13-16-14-39-20-11-7-6-9-17(16)20/h6-7,9,11,14-15,18-19,21-22,34H,8,10,12-13H2,1-5H3,(H,31,35)(H,32,37)/t18-,19-,21-,22-/m0/s1. The number of aliphatic hydroxyl groups excluding tert-OH is 1. The molecule has 12 heteroatoms. The second kappa shape index (κ2) is 12.1. The van der Waals surface area contributed by atoms with Crippen molar-refractivity contribution in [3.8, 4) is 0 Å². The fraction of sp³-hybridized carbons (Fsp3) is 0.593. The van der Waals surface area contributed by atoms with Crippen LogP contribution < -0.4 is 10.6 Å². The van der Waals surface area contributed by atoms with Crippen molar-refractivity contribution < 1.29 is 37.4 Å². The lowest BCUT2D eigenvalue weighted by molar-refractivity contribution is -0.212. The van der Waals surface area contributed by atoms with Crippen molar-refractivity contribution >= 4 is 39.3 Å². The number of alkyl halides is 3. The van der Waals surface area contributed by atoms with Crippen LogP contribution in [0.5, 0.6) is 0 Å². The minimum atomic E-state index is -4.96. The maximum atomic E-state index is 13.6. The summed E-state index contributed by atoms with van der Waals surface area (Å²) in [6.07, 6.45) is -8.09. The molecule has 1 aromatic carbocycles. The highest BCUT2D eigenvalue weighted by atomic mass is 32.1. The molecule has 1 aliphatic rings. The molecule has 216 valence electrons. The average molecular weight is 572 g/mol. The number of nitrogens with one attached hydrogen (secondary N) is 2. The third-order valence-corrected chi connectivity index (χ3v) is 7.50. The summed E-state index contributed by atoms with van der Waals surface area (Å²) in [5.41, 5.74) is -0.211. The number of ether oxygens (including phenoxy) is 1. The minimum absolute atomic E-state index is 0.206. The number of likely N-dealkylation sites (tertiary alicyclic amines) is 1. The number of aliphatic hydroxyl groups is 1. The van der Waals surface area contributed by atoms with Crippen LogP contribution in [0.25, 0.3) is 10.1 Å². The summed E-state index contributed by atoms with van der Waals surface area (Å²) in [5.74, 6) is -1.65. The van der Waals surface area contributed by atoms with Gasteiger partial charge in [0.15, 0.2) is 6.10 Å². The number of thiophene rings is 1. The van der Waals surface area contributed by atoms with Gasteiger partial charge in [-0.05, 0) is 68.3 Å². The Labute approximate surface area is 229 Å². The molecule has 2 heterocycles. The van der Waals surface area contributed by atoms with E-state index in [2.05, 4.69) is 10.6 Å². The molecule has 4 atom stereocenters. The van der Waals surface area contributed by atoms with Gasteiger partial charge in [0.05, 0.1) is 6.04 Å². The second-order valence-electron chi connectivity index (χ2n) is 11.1. The molecule has 0 radical (unpaired) electrons. The van der Waals surface area contributed by atoms with Gasteiger partial charge in [0.25, 0.3) is 0 Å². The van der Waals surface area contributed by atoms with Crippen LogP contribution in [0.2, 0.25) is 0 Å². The molecular weight excluding hydrogens is 535 g/mol. The molecule has 0 saturated carbocycles. The lowest BCUT2D eigenvalue weighted by atomic mass is 9.99. The van der Waals surface area contributed by atoms with E-state index < -0.39 is 53.9 Å². The zero-order valence-electron chi connectivity index (χ0n) is 22.7. The van der Waals surface area contributed by atoms with E-state index in [1.165, 1.54) is 16.2 Å². The lowest BCUT2D eigenvalue weighted by Gasteiger charge is -2.32. The van der Waals surface area contributed by atoms with E-state index in [4.69, 9.17) is 4.74 Å². The number of benzene rings is 1. The number of fused-ring (bicyclic) bond motifs is 1. The van der Waals surface area contributed by atoms with E-state index >= 15 is 0 Å². The SMILES string of the molecule is CC(C)[C@H](NC(=O)OC(C)(C)C)C(=O)N1CCC[C@H]1C(=O)N[C@@H](Cc1csc2ccccc12)[C@H](O)C(F)(F)F. The lowest BCUT2D eigenvalue weighted by Crippen LogP contribution is -2.58. The zero-order valence-corrected chi connectivity index (χ0v) is 23.5. The second-order valence-corrected chi connectivity index (χ2v) is 12.0. The highest BCUT2D eigenvalue weighted by molar-refractivity contribution is 7.17. The summed E-state index contributed by atoms with van der Waals surface area (Å²) < 4.78 is 46.9. The molecule has 8 nitrogen and oxygen atoms in total. The largest absolute Gasteiger partial charge is 0.444 e. The zero-order chi connectivity index (χ0) is 29.1. The Morgan fingerprint density at radius 1 is 1.15 bits per heavy atom. The quantitative estimate of drug-likeness (QED) is 0.436. The van der Waals surface area contributed by atoms with Crippen molar-refractivity contribution in [2.24, 2.45) is 5.92 Å². The molecule has 1 saturated heterocycles. The average Bonchev–Trinajstić information content (AvgIpc) is 3.47. The van der Waals surface area contributed by atoms with Gasteiger partial charge in [0.1, 0.15) is 17.7 Å². The number of halogens is 3. The molecule has 3 N–H and O–H groups in total. The van der Waals surface area contributed by atoms with Gasteiger partial charge in [-0.1, -0.05) is 32.0 Å². The molecule has 39 heavy (non-hydrogen) atoms. The molecule has 0 bridgehead atoms. The molecule has 1 aromatic heterocycles. The number of nitrogens with zero attached hydrogens (tertiary/aromatic N) is 1. The van der Waals surface area contributed by atoms with Gasteiger partial charge in [-0.2, -0.15) is 13.2 Å². The van der Waals surface area contributed by atoms with Gasteiger partial charge in [0.2, 0.25) is 11.8 Å². The van der Waals surface area contributed by atoms with Crippen LogP contribution >= 0.6 is 11.3 Å². The Bertz CT molecular complexity index is 1180. The number of hydrogen-bond donors (Lipinski definition) is 3. The number of carbonyl (C=O) groups is 3. The third-order valence-electron chi connectivity index (χ3n) is 6.49.